The van der Waals surface area contributed by atoms with E-state index in [9.17, 15) is 0 Å². The molecule has 2 aromatic heterocycles. The predicted molar refractivity (Wildman–Crippen MR) is 72.1 cm³/mol. The predicted octanol–water partition coefficient (Wildman–Crippen LogP) is 1.99. The third-order valence-corrected chi connectivity index (χ3v) is 2.91. The van der Waals surface area contributed by atoms with Crippen LogP contribution < -0.4 is 5.32 Å². The number of nitrogens with one attached hydrogen (secondary N) is 1. The molecular weight excluding hydrogens is 248 g/mol. The molecule has 0 saturated carbocycles. The number of nitrogens with zero attached hydrogens (tertiary/aromatic N) is 5. The van der Waals surface area contributed by atoms with Crippen LogP contribution in [0.3, 0.4) is 0 Å². The summed E-state index contributed by atoms with van der Waals surface area (Å²) < 4.78 is 1.67. The lowest BCUT2D eigenvalue weighted by Crippen LogP contribution is -2.12. The fourth-order valence-electron chi connectivity index (χ4n) is 1.27. The minimum atomic E-state index is 0.0494. The topological polar surface area (TPSA) is 68.5 Å². The van der Waals surface area contributed by atoms with Gasteiger partial charge in [-0.25, -0.2) is 4.68 Å². The van der Waals surface area contributed by atoms with Crippen LogP contribution in [0.25, 0.3) is 5.95 Å². The van der Waals surface area contributed by atoms with Crippen LogP contribution in [0.2, 0.25) is 0 Å². The number of rotatable bonds is 3. The third-order valence-electron chi connectivity index (χ3n) is 1.93. The first kappa shape index (κ1) is 12.8. The van der Waals surface area contributed by atoms with E-state index in [4.69, 9.17) is 0 Å². The SMILES string of the molecule is CNc1nc(SC(C)(C)C)nc(-n2cccn2)n1. The Labute approximate surface area is 110 Å². The van der Waals surface area contributed by atoms with Crippen molar-refractivity contribution in [2.45, 2.75) is 30.7 Å². The zero-order chi connectivity index (χ0) is 13.2. The van der Waals surface area contributed by atoms with Crippen molar-refractivity contribution in [1.82, 2.24) is 24.7 Å². The molecule has 0 saturated heterocycles. The highest BCUT2D eigenvalue weighted by atomic mass is 32.2. The van der Waals surface area contributed by atoms with Gasteiger partial charge in [-0.15, -0.1) is 0 Å². The molecule has 0 aliphatic rings. The Hall–Kier alpha value is -1.63. The van der Waals surface area contributed by atoms with E-state index in [0.29, 0.717) is 17.1 Å². The van der Waals surface area contributed by atoms with E-state index in [1.165, 1.54) is 0 Å². The zero-order valence-electron chi connectivity index (χ0n) is 10.9. The van der Waals surface area contributed by atoms with Crippen molar-refractivity contribution >= 4 is 17.7 Å². The van der Waals surface area contributed by atoms with E-state index >= 15 is 0 Å². The number of aromatic nitrogens is 5. The van der Waals surface area contributed by atoms with Gasteiger partial charge >= 0.3 is 0 Å². The minimum absolute atomic E-state index is 0.0494. The van der Waals surface area contributed by atoms with Crippen LogP contribution in [0.5, 0.6) is 0 Å². The molecule has 0 unspecified atom stereocenters. The lowest BCUT2D eigenvalue weighted by atomic mass is 10.3. The largest absolute Gasteiger partial charge is 0.357 e. The van der Waals surface area contributed by atoms with Crippen molar-refractivity contribution in [2.75, 3.05) is 12.4 Å². The summed E-state index contributed by atoms with van der Waals surface area (Å²) in [7, 11) is 1.79. The number of hydrogen-bond donors (Lipinski definition) is 1. The summed E-state index contributed by atoms with van der Waals surface area (Å²) in [5.41, 5.74) is 0. The van der Waals surface area contributed by atoms with Gasteiger partial charge in [0.2, 0.25) is 5.95 Å². The van der Waals surface area contributed by atoms with E-state index in [1.54, 1.807) is 35.9 Å². The summed E-state index contributed by atoms with van der Waals surface area (Å²) >= 11 is 1.60. The Kier molecular flexibility index (Phi) is 3.51. The molecule has 0 aliphatic heterocycles. The summed E-state index contributed by atoms with van der Waals surface area (Å²) in [4.78, 5) is 13.0. The van der Waals surface area contributed by atoms with Crippen LogP contribution in [0, 0.1) is 0 Å². The van der Waals surface area contributed by atoms with Crippen molar-refractivity contribution in [3.05, 3.63) is 18.5 Å². The molecule has 0 amide bonds. The molecule has 7 heteroatoms. The molecular formula is C11H16N6S. The highest BCUT2D eigenvalue weighted by Crippen LogP contribution is 2.29. The fraction of sp³-hybridized carbons (Fsp3) is 0.455. The van der Waals surface area contributed by atoms with Crippen LogP contribution in [0.15, 0.2) is 23.6 Å². The van der Waals surface area contributed by atoms with Gasteiger partial charge in [0, 0.05) is 24.2 Å². The van der Waals surface area contributed by atoms with Gasteiger partial charge in [-0.2, -0.15) is 20.1 Å². The Morgan fingerprint density at radius 3 is 2.56 bits per heavy atom. The fourth-order valence-corrected chi connectivity index (χ4v) is 2.07. The molecule has 1 N–H and O–H groups in total. The average molecular weight is 264 g/mol. The van der Waals surface area contributed by atoms with E-state index in [2.05, 4.69) is 46.1 Å². The smallest absolute Gasteiger partial charge is 0.256 e. The summed E-state index contributed by atoms with van der Waals surface area (Å²) in [6, 6.07) is 1.83. The molecule has 0 aromatic carbocycles. The second-order valence-electron chi connectivity index (χ2n) is 4.66. The van der Waals surface area contributed by atoms with Gasteiger partial charge in [-0.05, 0) is 6.07 Å². The lowest BCUT2D eigenvalue weighted by molar-refractivity contribution is 0.749. The van der Waals surface area contributed by atoms with Crippen LogP contribution in [0.4, 0.5) is 5.95 Å². The van der Waals surface area contributed by atoms with E-state index < -0.39 is 0 Å². The van der Waals surface area contributed by atoms with E-state index in [0.717, 1.165) is 0 Å². The Bertz CT molecular complexity index is 517. The lowest BCUT2D eigenvalue weighted by Gasteiger charge is -2.16. The molecule has 2 heterocycles. The van der Waals surface area contributed by atoms with Crippen molar-refractivity contribution in [3.63, 3.8) is 0 Å². The van der Waals surface area contributed by atoms with Gasteiger partial charge in [0.25, 0.3) is 5.95 Å². The standard InChI is InChI=1S/C11H16N6S/c1-11(2,3)18-10-15-8(12-4)14-9(16-10)17-7-5-6-13-17/h5-7H,1-4H3,(H,12,14,15,16). The quantitative estimate of drug-likeness (QED) is 0.855. The maximum atomic E-state index is 4.41. The molecule has 96 valence electrons. The molecule has 0 radical (unpaired) electrons. The molecule has 0 atom stereocenters. The summed E-state index contributed by atoms with van der Waals surface area (Å²) in [5, 5.41) is 7.75. The number of hydrogen-bond acceptors (Lipinski definition) is 6. The first-order chi connectivity index (χ1) is 8.48. The molecule has 2 aromatic rings. The minimum Gasteiger partial charge on any atom is -0.357 e. The molecule has 2 rings (SSSR count). The second kappa shape index (κ2) is 4.93. The summed E-state index contributed by atoms with van der Waals surface area (Å²) in [6.45, 7) is 6.36. The first-order valence-electron chi connectivity index (χ1n) is 5.61. The normalized spacial score (nSPS) is 11.6. The summed E-state index contributed by atoms with van der Waals surface area (Å²) in [6.07, 6.45) is 3.50. The van der Waals surface area contributed by atoms with Crippen LogP contribution in [0.1, 0.15) is 20.8 Å². The van der Waals surface area contributed by atoms with Crippen LogP contribution >= 0.6 is 11.8 Å². The van der Waals surface area contributed by atoms with Gasteiger partial charge < -0.3 is 5.32 Å². The molecule has 6 nitrogen and oxygen atoms in total. The average Bonchev–Trinajstić information content (AvgIpc) is 2.79. The zero-order valence-corrected chi connectivity index (χ0v) is 11.7. The summed E-state index contributed by atoms with van der Waals surface area (Å²) in [5.74, 6) is 1.06. The number of thioether (sulfide) groups is 1. The third kappa shape index (κ3) is 3.19. The van der Waals surface area contributed by atoms with E-state index in [1.807, 2.05) is 6.07 Å². The Morgan fingerprint density at radius 1 is 1.22 bits per heavy atom. The van der Waals surface area contributed by atoms with Crippen molar-refractivity contribution in [3.8, 4) is 5.95 Å². The molecule has 0 fully saturated rings. The van der Waals surface area contributed by atoms with Crippen LogP contribution in [-0.2, 0) is 0 Å². The van der Waals surface area contributed by atoms with Gasteiger partial charge in [-0.3, -0.25) is 0 Å². The molecule has 18 heavy (non-hydrogen) atoms. The molecule has 0 bridgehead atoms. The highest BCUT2D eigenvalue weighted by molar-refractivity contribution is 8.00. The van der Waals surface area contributed by atoms with E-state index in [-0.39, 0.29) is 4.75 Å². The Morgan fingerprint density at radius 2 is 2.00 bits per heavy atom. The van der Waals surface area contributed by atoms with Crippen molar-refractivity contribution < 1.29 is 0 Å². The van der Waals surface area contributed by atoms with Gasteiger partial charge in [-0.1, -0.05) is 32.5 Å². The molecule has 0 aliphatic carbocycles. The van der Waals surface area contributed by atoms with Crippen molar-refractivity contribution in [2.24, 2.45) is 0 Å². The number of anilines is 1. The molecule has 0 spiro atoms. The maximum Gasteiger partial charge on any atom is 0.256 e. The van der Waals surface area contributed by atoms with Gasteiger partial charge in [0.05, 0.1) is 0 Å². The maximum absolute atomic E-state index is 4.41. The Balaban J connectivity index is 2.39. The van der Waals surface area contributed by atoms with Crippen molar-refractivity contribution in [1.29, 1.82) is 0 Å². The van der Waals surface area contributed by atoms with Gasteiger partial charge in [0.15, 0.2) is 5.16 Å². The highest BCUT2D eigenvalue weighted by Gasteiger charge is 2.16. The van der Waals surface area contributed by atoms with Crippen LogP contribution in [-0.4, -0.2) is 36.5 Å². The second-order valence-corrected chi connectivity index (χ2v) is 6.45. The van der Waals surface area contributed by atoms with Gasteiger partial charge in [0.1, 0.15) is 0 Å². The first-order valence-corrected chi connectivity index (χ1v) is 6.42. The monoisotopic (exact) mass is 264 g/mol.